The van der Waals surface area contributed by atoms with E-state index >= 15 is 0 Å². The second kappa shape index (κ2) is 11.9. The van der Waals surface area contributed by atoms with Crippen LogP contribution in [0.3, 0.4) is 0 Å². The van der Waals surface area contributed by atoms with E-state index in [-0.39, 0.29) is 0 Å². The third kappa shape index (κ3) is 5.64. The maximum Gasteiger partial charge on any atom is 0.160 e. The molecule has 0 aliphatic heterocycles. The van der Waals surface area contributed by atoms with Gasteiger partial charge in [-0.3, -0.25) is 0 Å². The first-order chi connectivity index (χ1) is 7.81. The molecule has 0 heterocycles. The third-order valence-corrected chi connectivity index (χ3v) is 1.86. The fourth-order valence-electron chi connectivity index (χ4n) is 1.10. The molecule has 1 rings (SSSR count). The van der Waals surface area contributed by atoms with Gasteiger partial charge in [0.2, 0.25) is 0 Å². The van der Waals surface area contributed by atoms with E-state index in [4.69, 9.17) is 9.47 Å². The quantitative estimate of drug-likeness (QED) is 0.764. The lowest BCUT2D eigenvalue weighted by Crippen LogP contribution is -1.91. The van der Waals surface area contributed by atoms with Gasteiger partial charge in [-0.05, 0) is 24.1 Å². The molecule has 94 valence electrons. The van der Waals surface area contributed by atoms with E-state index in [0.29, 0.717) is 0 Å². The van der Waals surface area contributed by atoms with Crippen molar-refractivity contribution in [2.45, 2.75) is 41.0 Å². The fraction of sp³-hybridized carbons (Fsp3) is 0.571. The number of rotatable bonds is 3. The predicted octanol–water partition coefficient (Wildman–Crippen LogP) is 4.32. The molecule has 0 fully saturated rings. The summed E-state index contributed by atoms with van der Waals surface area (Å²) in [7, 11) is 3.29. The van der Waals surface area contributed by atoms with Crippen molar-refractivity contribution < 1.29 is 9.47 Å². The topological polar surface area (TPSA) is 18.5 Å². The molecule has 0 atom stereocenters. The van der Waals surface area contributed by atoms with E-state index in [0.717, 1.165) is 17.9 Å². The first kappa shape index (κ1) is 17.2. The maximum absolute atomic E-state index is 5.15. The normalized spacial score (nSPS) is 7.94. The van der Waals surface area contributed by atoms with Crippen LogP contribution in [0, 0.1) is 0 Å². The molecular formula is C14H26O2. The SMILES string of the molecule is CC.CC.CCc1ccc(OC)c(OC)c1. The Kier molecular flexibility index (Phi) is 12.8. The van der Waals surface area contributed by atoms with Crippen molar-refractivity contribution in [2.24, 2.45) is 0 Å². The summed E-state index contributed by atoms with van der Waals surface area (Å²) in [6.07, 6.45) is 1.01. The molecule has 0 aliphatic carbocycles. The highest BCUT2D eigenvalue weighted by atomic mass is 16.5. The molecule has 1 aromatic carbocycles. The Hall–Kier alpha value is -1.18. The van der Waals surface area contributed by atoms with Crippen LogP contribution < -0.4 is 9.47 Å². The van der Waals surface area contributed by atoms with Gasteiger partial charge in [-0.25, -0.2) is 0 Å². The van der Waals surface area contributed by atoms with Gasteiger partial charge < -0.3 is 9.47 Å². The van der Waals surface area contributed by atoms with Crippen LogP contribution in [0.15, 0.2) is 18.2 Å². The molecule has 0 aliphatic rings. The van der Waals surface area contributed by atoms with Crippen molar-refractivity contribution in [1.82, 2.24) is 0 Å². The van der Waals surface area contributed by atoms with Gasteiger partial charge in [0.25, 0.3) is 0 Å². The third-order valence-electron chi connectivity index (χ3n) is 1.86. The molecule has 0 saturated heterocycles. The van der Waals surface area contributed by atoms with Crippen molar-refractivity contribution in [2.75, 3.05) is 14.2 Å². The molecule has 16 heavy (non-hydrogen) atoms. The van der Waals surface area contributed by atoms with Crippen LogP contribution in [0.25, 0.3) is 0 Å². The van der Waals surface area contributed by atoms with Gasteiger partial charge in [-0.2, -0.15) is 0 Å². The van der Waals surface area contributed by atoms with Crippen LogP contribution in [0.2, 0.25) is 0 Å². The van der Waals surface area contributed by atoms with Crippen molar-refractivity contribution >= 4 is 0 Å². The Morgan fingerprint density at radius 1 is 0.875 bits per heavy atom. The van der Waals surface area contributed by atoms with Crippen LogP contribution >= 0.6 is 0 Å². The van der Waals surface area contributed by atoms with Gasteiger partial charge in [0.15, 0.2) is 11.5 Å². The summed E-state index contributed by atoms with van der Waals surface area (Å²) in [4.78, 5) is 0. The highest BCUT2D eigenvalue weighted by Crippen LogP contribution is 2.27. The first-order valence-corrected chi connectivity index (χ1v) is 6.02. The molecule has 0 aromatic heterocycles. The van der Waals surface area contributed by atoms with Crippen molar-refractivity contribution in [3.05, 3.63) is 23.8 Å². The van der Waals surface area contributed by atoms with Gasteiger partial charge in [-0.15, -0.1) is 0 Å². The molecule has 0 spiro atoms. The first-order valence-electron chi connectivity index (χ1n) is 6.02. The largest absolute Gasteiger partial charge is 0.493 e. The second-order valence-corrected chi connectivity index (χ2v) is 2.54. The molecule has 0 radical (unpaired) electrons. The van der Waals surface area contributed by atoms with Gasteiger partial charge in [0.1, 0.15) is 0 Å². The second-order valence-electron chi connectivity index (χ2n) is 2.54. The van der Waals surface area contributed by atoms with Crippen molar-refractivity contribution in [1.29, 1.82) is 0 Å². The zero-order valence-corrected chi connectivity index (χ0v) is 11.8. The molecule has 0 amide bonds. The summed E-state index contributed by atoms with van der Waals surface area (Å²) in [6.45, 7) is 10.1. The van der Waals surface area contributed by atoms with E-state index < -0.39 is 0 Å². The standard InChI is InChI=1S/C10H14O2.2C2H6/c1-4-8-5-6-9(11-2)10(7-8)12-3;2*1-2/h5-7H,4H2,1-3H3;2*1-2H3. The lowest BCUT2D eigenvalue weighted by Gasteiger charge is -2.07. The van der Waals surface area contributed by atoms with Crippen molar-refractivity contribution in [3.63, 3.8) is 0 Å². The lowest BCUT2D eigenvalue weighted by atomic mass is 10.1. The number of hydrogen-bond donors (Lipinski definition) is 0. The van der Waals surface area contributed by atoms with Crippen LogP contribution in [0.5, 0.6) is 11.5 Å². The molecule has 0 unspecified atom stereocenters. The smallest absolute Gasteiger partial charge is 0.160 e. The monoisotopic (exact) mass is 226 g/mol. The fourth-order valence-corrected chi connectivity index (χ4v) is 1.10. The molecule has 0 saturated carbocycles. The summed E-state index contributed by atoms with van der Waals surface area (Å²) in [5, 5.41) is 0. The van der Waals surface area contributed by atoms with Crippen LogP contribution in [-0.2, 0) is 6.42 Å². The van der Waals surface area contributed by atoms with Crippen LogP contribution in [0.1, 0.15) is 40.2 Å². The average molecular weight is 226 g/mol. The van der Waals surface area contributed by atoms with Gasteiger partial charge >= 0.3 is 0 Å². The van der Waals surface area contributed by atoms with E-state index in [9.17, 15) is 0 Å². The van der Waals surface area contributed by atoms with Gasteiger partial charge in [-0.1, -0.05) is 40.7 Å². The predicted molar refractivity (Wildman–Crippen MR) is 71.6 cm³/mol. The summed E-state index contributed by atoms with van der Waals surface area (Å²) in [5.74, 6) is 1.59. The Bertz CT molecular complexity index is 257. The van der Waals surface area contributed by atoms with E-state index in [1.165, 1.54) is 5.56 Å². The molecular weight excluding hydrogens is 200 g/mol. The number of benzene rings is 1. The molecule has 0 N–H and O–H groups in total. The zero-order valence-electron chi connectivity index (χ0n) is 11.8. The highest BCUT2D eigenvalue weighted by molar-refractivity contribution is 5.42. The lowest BCUT2D eigenvalue weighted by molar-refractivity contribution is 0.354. The summed E-state index contributed by atoms with van der Waals surface area (Å²) < 4.78 is 10.3. The zero-order chi connectivity index (χ0) is 13.0. The van der Waals surface area contributed by atoms with E-state index in [2.05, 4.69) is 6.92 Å². The van der Waals surface area contributed by atoms with E-state index in [1.807, 2.05) is 45.9 Å². The van der Waals surface area contributed by atoms with Crippen molar-refractivity contribution in [3.8, 4) is 11.5 Å². The van der Waals surface area contributed by atoms with Gasteiger partial charge in [0, 0.05) is 0 Å². The molecule has 2 heteroatoms. The summed E-state index contributed by atoms with van der Waals surface area (Å²) >= 11 is 0. The van der Waals surface area contributed by atoms with Gasteiger partial charge in [0.05, 0.1) is 14.2 Å². The highest BCUT2D eigenvalue weighted by Gasteiger charge is 2.02. The summed E-state index contributed by atoms with van der Waals surface area (Å²) in [6, 6.07) is 5.97. The molecule has 1 aromatic rings. The van der Waals surface area contributed by atoms with Crippen LogP contribution in [-0.4, -0.2) is 14.2 Å². The molecule has 2 nitrogen and oxygen atoms in total. The van der Waals surface area contributed by atoms with E-state index in [1.54, 1.807) is 14.2 Å². The maximum atomic E-state index is 5.15. The minimum Gasteiger partial charge on any atom is -0.493 e. The number of ether oxygens (including phenoxy) is 2. The Labute approximate surface area is 101 Å². The number of methoxy groups -OCH3 is 2. The Morgan fingerprint density at radius 3 is 1.75 bits per heavy atom. The number of hydrogen-bond acceptors (Lipinski definition) is 2. The molecule has 0 bridgehead atoms. The van der Waals surface area contributed by atoms with Crippen LogP contribution in [0.4, 0.5) is 0 Å². The minimum absolute atomic E-state index is 0.787. The Morgan fingerprint density at radius 2 is 1.38 bits per heavy atom. The number of aryl methyl sites for hydroxylation is 1. The minimum atomic E-state index is 0.787. The average Bonchev–Trinajstić information content (AvgIpc) is 2.42. The summed E-state index contributed by atoms with van der Waals surface area (Å²) in [5.41, 5.74) is 1.26. The Balaban J connectivity index is 0.